The van der Waals surface area contributed by atoms with Gasteiger partial charge in [-0.25, -0.2) is 17.6 Å². The molecule has 0 atom stereocenters. The number of nitrogens with zero attached hydrogens (tertiary/aromatic N) is 4. The van der Waals surface area contributed by atoms with Crippen LogP contribution in [-0.2, 0) is 30.6 Å². The summed E-state index contributed by atoms with van der Waals surface area (Å²) in [5.41, 5.74) is 6.69. The zero-order valence-corrected chi connectivity index (χ0v) is 74.3. The largest absolute Gasteiger partial charge is 0.390 e. The molecule has 13 heteroatoms. The highest BCUT2D eigenvalue weighted by Gasteiger charge is 2.67. The van der Waals surface area contributed by atoms with E-state index in [-0.39, 0.29) is 48.4 Å². The van der Waals surface area contributed by atoms with Gasteiger partial charge in [-0.3, -0.25) is 19.5 Å². The fourth-order valence-electron chi connectivity index (χ4n) is 21.2. The number of aliphatic hydroxyl groups is 2. The fraction of sp³-hybridized carbons (Fsp3) is 0.810. The van der Waals surface area contributed by atoms with Crippen molar-refractivity contribution in [2.75, 3.05) is 55.0 Å². The van der Waals surface area contributed by atoms with Crippen molar-refractivity contribution in [2.24, 2.45) is 55.7 Å². The topological polar surface area (TPSA) is 106 Å². The van der Waals surface area contributed by atoms with Gasteiger partial charge in [-0.15, -0.1) is 0 Å². The van der Waals surface area contributed by atoms with Crippen molar-refractivity contribution in [1.29, 1.82) is 0 Å². The fourth-order valence-corrected chi connectivity index (χ4v) is 21.2. The van der Waals surface area contributed by atoms with Crippen LogP contribution in [0.2, 0.25) is 0 Å². The Kier molecular flexibility index (Phi) is 31.6. The smallest absolute Gasteiger partial charge is 0.273 e. The van der Waals surface area contributed by atoms with Crippen LogP contribution in [0.1, 0.15) is 377 Å². The second kappa shape index (κ2) is 37.8. The quantitative estimate of drug-likeness (QED) is 0.206. The number of amides is 2. The summed E-state index contributed by atoms with van der Waals surface area (Å²) < 4.78 is 55.5. The van der Waals surface area contributed by atoms with Gasteiger partial charge in [-0.05, 0) is 353 Å². The number of hydrogen-bond acceptors (Lipinski definition) is 7. The summed E-state index contributed by atoms with van der Waals surface area (Å²) in [6.45, 7) is 31.3. The minimum atomic E-state index is -2.93. The molecule has 22 rings (SSSR count). The average molecular weight is 1580 g/mol. The molecule has 1 aliphatic heterocycles. The van der Waals surface area contributed by atoms with Crippen LogP contribution in [0.5, 0.6) is 0 Å². The van der Waals surface area contributed by atoms with E-state index in [0.717, 1.165) is 120 Å². The van der Waals surface area contributed by atoms with Crippen molar-refractivity contribution >= 4 is 11.8 Å². The predicted molar refractivity (Wildman–Crippen MR) is 462 cm³/mol. The number of hydrogen-bond donors (Lipinski definition) is 2. The van der Waals surface area contributed by atoms with Gasteiger partial charge in [-0.1, -0.05) is 158 Å². The number of carbonyl (C=O) groups excluding carboxylic acids is 2. The molecular formula is C100H164F4N4O5. The molecule has 1 aromatic heterocycles. The van der Waals surface area contributed by atoms with Crippen LogP contribution < -0.4 is 0 Å². The average Bonchev–Trinajstić information content (AvgIpc) is 1.59. The maximum absolute atomic E-state index is 13.0. The number of aromatic nitrogens is 1. The molecule has 0 spiro atoms. The Hall–Kier alpha value is -3.91. The van der Waals surface area contributed by atoms with Crippen LogP contribution >= 0.6 is 0 Å². The standard InChI is InChI=1S/C12H21NO.C11H19NO.C11H19N.C10H11F.C10H12.C9H11N.C9H16O.C8H15F.C7H12F2O.C6H12O.C6H12.CH4/c1-11-4-7-12(8-5-11,9-6-11)10(14)13(2)3;1-10-4-6-11(8-10,7-5-10)9(13)12(2)3;1-10-7-11(8-10,9-10)12-5-3-2-4-6-12;1-10(6-7-10)8-2-4-9(11)5-3-8;1-10(7-8-10)9-5-3-2-4-6-9;1-9(4-5-9)8-2-6-10-7-3-8;1-8-2-5-9(10,6-3-8)7-4-8;1-7-3-5-8(2,9)6-4-7;1-5-3-7(10,4-5)6(2,8)9;1-6(3-4-6)5-7-2;1-6-4-2-3-5-6;/h4-9H2,1-3H3;4-8H2,1-3H3;2-9H2,1H3;2-5H,6-7H2,1H3;2-6H,7-8H2,1H3;2-3,6-7H,4-5H2,1H3;10H,2-7H2,1H3;7H,3-6H2,1-2H3;5,10H,3-4H2,1-2H3;3-5H2,1-2H3;6H,2-5H2,1H3;1H4. The number of carbonyl (C=O) groups is 2. The minimum Gasteiger partial charge on any atom is -0.390 e. The van der Waals surface area contributed by atoms with Crippen LogP contribution in [0.4, 0.5) is 17.6 Å². The van der Waals surface area contributed by atoms with Crippen LogP contribution in [0, 0.1) is 61.5 Å². The third-order valence-electron chi connectivity index (χ3n) is 31.5. The molecule has 642 valence electrons. The normalized spacial score (nSPS) is 36.0. The number of benzene rings is 2. The zero-order valence-electron chi connectivity index (χ0n) is 74.3. The van der Waals surface area contributed by atoms with E-state index in [1.165, 1.54) is 197 Å². The first-order valence-electron chi connectivity index (χ1n) is 45.2. The second-order valence-corrected chi connectivity index (χ2v) is 43.9. The van der Waals surface area contributed by atoms with Crippen molar-refractivity contribution in [2.45, 2.75) is 405 Å². The number of fused-ring (bicyclic) bond motifs is 8. The zero-order chi connectivity index (χ0) is 82.1. The molecule has 19 aliphatic rings. The third kappa shape index (κ3) is 26.1. The summed E-state index contributed by atoms with van der Waals surface area (Å²) in [5, 5.41) is 19.0. The highest BCUT2D eigenvalue weighted by atomic mass is 19.3. The Bertz CT molecular complexity index is 3250. The van der Waals surface area contributed by atoms with Crippen LogP contribution in [0.25, 0.3) is 0 Å². The Morgan fingerprint density at radius 1 is 0.478 bits per heavy atom. The number of halogens is 4. The third-order valence-corrected chi connectivity index (χ3v) is 31.5. The molecule has 113 heavy (non-hydrogen) atoms. The minimum absolute atomic E-state index is 0. The van der Waals surface area contributed by atoms with Crippen LogP contribution in [0.3, 0.4) is 0 Å². The van der Waals surface area contributed by atoms with Gasteiger partial charge in [0.2, 0.25) is 11.8 Å². The molecular weight excluding hydrogens is 1410 g/mol. The predicted octanol–water partition coefficient (Wildman–Crippen LogP) is 25.7. The molecule has 18 aliphatic carbocycles. The van der Waals surface area contributed by atoms with Gasteiger partial charge < -0.3 is 24.7 Å². The van der Waals surface area contributed by atoms with Crippen molar-refractivity contribution < 1.29 is 42.1 Å². The number of rotatable bonds is 9. The molecule has 2 amide bonds. The molecule has 2 N–H and O–H groups in total. The molecule has 0 radical (unpaired) electrons. The SMILES string of the molecule is C.CC1(c2ccc(F)cc2)CC1.CC1(c2ccccc2)CC1.CC1(c2ccncc2)CC1.CC12CC(N3CCCCC3)(C1)C2.CC12CCC(O)(CC1)CC2.CC1CC(O)(C(C)(F)F)C1.CC1CCC(C)(F)CC1.CC1CCCC1.CN(C)C(=O)C12CCC(C)(CC1)C2.CN(C)C(=O)C12CCC(C)(CC1)CC2.COCC1(C)CC1. The molecule has 18 saturated carbocycles. The number of methoxy groups -OCH3 is 1. The summed E-state index contributed by atoms with van der Waals surface area (Å²) in [6, 6.07) is 21.9. The number of alkyl halides is 3. The van der Waals surface area contributed by atoms with E-state index >= 15 is 0 Å². The summed E-state index contributed by atoms with van der Waals surface area (Å²) in [5.74, 6) is -0.278. The highest BCUT2D eigenvalue weighted by Crippen LogP contribution is 2.70. The Balaban J connectivity index is 0.000000157. The Morgan fingerprint density at radius 2 is 0.867 bits per heavy atom. The first-order valence-corrected chi connectivity index (χ1v) is 45.2. The van der Waals surface area contributed by atoms with Crippen molar-refractivity contribution in [1.82, 2.24) is 19.7 Å². The van der Waals surface area contributed by atoms with Gasteiger partial charge in [0.05, 0.1) is 12.2 Å². The van der Waals surface area contributed by atoms with Gasteiger partial charge in [0.1, 0.15) is 17.1 Å². The Labute approximate surface area is 687 Å². The maximum atomic E-state index is 13.0. The lowest BCUT2D eigenvalue weighted by molar-refractivity contribution is -0.222. The molecule has 0 unspecified atom stereocenters. The number of ether oxygens (including phenoxy) is 1. The van der Waals surface area contributed by atoms with E-state index in [2.05, 4.69) is 122 Å². The molecule has 8 bridgehead atoms. The van der Waals surface area contributed by atoms with Gasteiger partial charge in [0.15, 0.2) is 0 Å². The molecule has 2 heterocycles. The lowest BCUT2D eigenvalue weighted by atomic mass is 9.39. The molecule has 2 aromatic carbocycles. The van der Waals surface area contributed by atoms with E-state index in [4.69, 9.17) is 9.84 Å². The summed E-state index contributed by atoms with van der Waals surface area (Å²) in [7, 11) is 9.30. The lowest BCUT2D eigenvalue weighted by Crippen LogP contribution is -2.74. The number of likely N-dealkylation sites (tertiary alicyclic amines) is 1. The highest BCUT2D eigenvalue weighted by molar-refractivity contribution is 5.83. The van der Waals surface area contributed by atoms with Gasteiger partial charge in [-0.2, -0.15) is 0 Å². The van der Waals surface area contributed by atoms with Gasteiger partial charge in [0, 0.05) is 71.0 Å². The summed E-state index contributed by atoms with van der Waals surface area (Å²) in [6.07, 6.45) is 53.4. The maximum Gasteiger partial charge on any atom is 0.273 e. The van der Waals surface area contributed by atoms with E-state index in [0.29, 0.717) is 49.7 Å². The van der Waals surface area contributed by atoms with E-state index < -0.39 is 17.2 Å². The number of piperidine rings is 1. The summed E-state index contributed by atoms with van der Waals surface area (Å²) >= 11 is 0. The molecule has 19 fully saturated rings. The van der Waals surface area contributed by atoms with Crippen LogP contribution in [0.15, 0.2) is 79.1 Å². The van der Waals surface area contributed by atoms with E-state index in [1.807, 2.05) is 59.6 Å². The Morgan fingerprint density at radius 3 is 1.19 bits per heavy atom. The van der Waals surface area contributed by atoms with Crippen LogP contribution in [-0.4, -0.2) is 125 Å². The van der Waals surface area contributed by atoms with E-state index in [9.17, 15) is 32.3 Å². The molecule has 1 saturated heterocycles. The van der Waals surface area contributed by atoms with Crippen molar-refractivity contribution in [3.05, 3.63) is 102 Å². The van der Waals surface area contributed by atoms with Gasteiger partial charge in [0.25, 0.3) is 5.92 Å². The molecule has 3 aromatic rings. The second-order valence-electron chi connectivity index (χ2n) is 43.9. The van der Waals surface area contributed by atoms with Crippen molar-refractivity contribution in [3.63, 3.8) is 0 Å². The first kappa shape index (κ1) is 94.6. The number of pyridine rings is 1. The summed E-state index contributed by atoms with van der Waals surface area (Å²) in [4.78, 5) is 34.4. The lowest BCUT2D eigenvalue weighted by Gasteiger charge is -2.73. The first-order chi connectivity index (χ1) is 52.2. The molecule has 9 nitrogen and oxygen atoms in total. The monoisotopic (exact) mass is 1580 g/mol. The van der Waals surface area contributed by atoms with E-state index in [1.54, 1.807) is 36.0 Å². The van der Waals surface area contributed by atoms with Crippen molar-refractivity contribution in [3.8, 4) is 0 Å². The van der Waals surface area contributed by atoms with Gasteiger partial charge >= 0.3 is 0 Å².